The Labute approximate surface area is 202 Å². The number of aliphatic hydroxyl groups excluding tert-OH is 1. The Morgan fingerprint density at radius 1 is 0.970 bits per heavy atom. The van der Waals surface area contributed by atoms with E-state index in [1.54, 1.807) is 0 Å². The van der Waals surface area contributed by atoms with Crippen LogP contribution in [0.5, 0.6) is 0 Å². The van der Waals surface area contributed by atoms with Crippen molar-refractivity contribution in [1.29, 1.82) is 0 Å². The predicted molar refractivity (Wildman–Crippen MR) is 131 cm³/mol. The lowest BCUT2D eigenvalue weighted by atomic mass is 9.44. The van der Waals surface area contributed by atoms with E-state index in [9.17, 15) is 18.1 Å². The molecule has 4 rings (SSSR count). The molecule has 2 N–H and O–H groups in total. The predicted octanol–water partition coefficient (Wildman–Crippen LogP) is 6.27. The molecule has 4 saturated carbocycles. The fraction of sp³-hybridized carbons (Fsp3) is 1.00. The molecule has 5 nitrogen and oxygen atoms in total. The van der Waals surface area contributed by atoms with Crippen molar-refractivity contribution in [3.05, 3.63) is 0 Å². The Bertz CT molecular complexity index is 796. The highest BCUT2D eigenvalue weighted by Gasteiger charge is 2.61. The molecular formula is C27H48O5S. The van der Waals surface area contributed by atoms with E-state index < -0.39 is 22.6 Å². The fourth-order valence-electron chi connectivity index (χ4n) is 9.53. The normalized spacial score (nSPS) is 46.5. The van der Waals surface area contributed by atoms with Crippen LogP contribution < -0.4 is 0 Å². The van der Waals surface area contributed by atoms with Crippen LogP contribution in [-0.4, -0.2) is 30.3 Å². The summed E-state index contributed by atoms with van der Waals surface area (Å²) in [6.45, 7) is 12.1. The summed E-state index contributed by atoms with van der Waals surface area (Å²) in [6, 6.07) is 0. The number of rotatable bonds is 7. The second-order valence-electron chi connectivity index (χ2n) is 13.3. The first-order valence-corrected chi connectivity index (χ1v) is 15.1. The van der Waals surface area contributed by atoms with Crippen molar-refractivity contribution >= 4 is 10.4 Å². The molecule has 0 aromatic carbocycles. The molecule has 0 radical (unpaired) electrons. The highest BCUT2D eigenvalue weighted by Crippen LogP contribution is 2.68. The zero-order valence-corrected chi connectivity index (χ0v) is 22.3. The van der Waals surface area contributed by atoms with Gasteiger partial charge in [0.05, 0.1) is 6.10 Å². The average molecular weight is 485 g/mol. The summed E-state index contributed by atoms with van der Waals surface area (Å²) in [6.07, 6.45) is 11.0. The summed E-state index contributed by atoms with van der Waals surface area (Å²) < 4.78 is 37.1. The lowest BCUT2D eigenvalue weighted by Crippen LogP contribution is -2.57. The minimum absolute atomic E-state index is 0.0280. The molecular weight excluding hydrogens is 436 g/mol. The van der Waals surface area contributed by atoms with E-state index in [1.165, 1.54) is 51.4 Å². The van der Waals surface area contributed by atoms with E-state index in [0.717, 1.165) is 30.1 Å². The van der Waals surface area contributed by atoms with Crippen molar-refractivity contribution in [3.8, 4) is 0 Å². The zero-order chi connectivity index (χ0) is 24.2. The van der Waals surface area contributed by atoms with Crippen LogP contribution in [0.3, 0.4) is 0 Å². The number of fused-ring (bicyclic) bond motifs is 5. The molecule has 0 bridgehead atoms. The molecule has 4 aliphatic rings. The van der Waals surface area contributed by atoms with E-state index >= 15 is 0 Å². The van der Waals surface area contributed by atoms with Gasteiger partial charge in [-0.2, -0.15) is 8.42 Å². The smallest absolute Gasteiger partial charge is 0.390 e. The first-order valence-electron chi connectivity index (χ1n) is 13.7. The van der Waals surface area contributed by atoms with Crippen molar-refractivity contribution in [2.75, 3.05) is 0 Å². The van der Waals surface area contributed by atoms with Crippen molar-refractivity contribution in [2.45, 2.75) is 117 Å². The van der Waals surface area contributed by atoms with Gasteiger partial charge in [-0.15, -0.1) is 0 Å². The third kappa shape index (κ3) is 4.93. The largest absolute Gasteiger partial charge is 0.397 e. The van der Waals surface area contributed by atoms with Crippen LogP contribution in [-0.2, 0) is 14.6 Å². The maximum Gasteiger partial charge on any atom is 0.397 e. The lowest BCUT2D eigenvalue weighted by molar-refractivity contribution is -0.155. The quantitative estimate of drug-likeness (QED) is 0.416. The molecule has 0 spiro atoms. The molecule has 0 aliphatic heterocycles. The minimum Gasteiger partial charge on any atom is -0.390 e. The second kappa shape index (κ2) is 9.37. The Hall–Kier alpha value is -0.170. The third-order valence-electron chi connectivity index (χ3n) is 11.1. The minimum atomic E-state index is -4.56. The Morgan fingerprint density at radius 3 is 2.33 bits per heavy atom. The van der Waals surface area contributed by atoms with Crippen LogP contribution in [0.15, 0.2) is 0 Å². The van der Waals surface area contributed by atoms with Crippen molar-refractivity contribution in [1.82, 2.24) is 0 Å². The molecule has 192 valence electrons. The fourth-order valence-corrected chi connectivity index (χ4v) is 10.0. The van der Waals surface area contributed by atoms with E-state index in [-0.39, 0.29) is 5.41 Å². The van der Waals surface area contributed by atoms with Gasteiger partial charge in [0.2, 0.25) is 0 Å². The number of hydrogen-bond donors (Lipinski definition) is 2. The first-order chi connectivity index (χ1) is 15.3. The third-order valence-corrected chi connectivity index (χ3v) is 11.6. The zero-order valence-electron chi connectivity index (χ0n) is 21.5. The summed E-state index contributed by atoms with van der Waals surface area (Å²) in [5.74, 6) is 4.83. The monoisotopic (exact) mass is 484 g/mol. The van der Waals surface area contributed by atoms with Crippen molar-refractivity contribution in [3.63, 3.8) is 0 Å². The number of aliphatic hydroxyl groups is 1. The molecule has 0 amide bonds. The molecule has 0 unspecified atom stereocenters. The SMILES string of the molecule is CC(C)CCC[C@@H](C)[C@H]1CC[C@H]2[C@@H]3CC[C@H]4C[C@H](O)[C@@H](OS(=O)(=O)O)C[C@]4(C)[C@H]3CC[C@]12C. The van der Waals surface area contributed by atoms with Crippen LogP contribution in [0.2, 0.25) is 0 Å². The van der Waals surface area contributed by atoms with Crippen molar-refractivity contribution in [2.24, 2.45) is 52.3 Å². The van der Waals surface area contributed by atoms with E-state index in [0.29, 0.717) is 36.0 Å². The van der Waals surface area contributed by atoms with E-state index in [2.05, 4.69) is 34.6 Å². The topological polar surface area (TPSA) is 83.8 Å². The van der Waals surface area contributed by atoms with Gasteiger partial charge in [0.25, 0.3) is 0 Å². The summed E-state index contributed by atoms with van der Waals surface area (Å²) in [5, 5.41) is 10.6. The van der Waals surface area contributed by atoms with Gasteiger partial charge in [0, 0.05) is 0 Å². The molecule has 4 fully saturated rings. The number of hydrogen-bond acceptors (Lipinski definition) is 4. The van der Waals surface area contributed by atoms with Gasteiger partial charge in [0.1, 0.15) is 6.10 Å². The van der Waals surface area contributed by atoms with Crippen LogP contribution in [0.25, 0.3) is 0 Å². The molecule has 4 aliphatic carbocycles. The van der Waals surface area contributed by atoms with Crippen molar-refractivity contribution < 1.29 is 22.3 Å². The van der Waals surface area contributed by atoms with Crippen LogP contribution in [0.1, 0.15) is 105 Å². The summed E-state index contributed by atoms with van der Waals surface area (Å²) in [7, 11) is -4.56. The average Bonchev–Trinajstić information content (AvgIpc) is 3.05. The van der Waals surface area contributed by atoms with Crippen LogP contribution >= 0.6 is 0 Å². The summed E-state index contributed by atoms with van der Waals surface area (Å²) in [4.78, 5) is 0. The second-order valence-corrected chi connectivity index (χ2v) is 14.3. The molecule has 6 heteroatoms. The molecule has 0 heterocycles. The Morgan fingerprint density at radius 2 is 1.67 bits per heavy atom. The maximum atomic E-state index is 11.4. The first kappa shape index (κ1) is 25.9. The highest BCUT2D eigenvalue weighted by atomic mass is 32.3. The van der Waals surface area contributed by atoms with E-state index in [1.807, 2.05) is 0 Å². The molecule has 0 aromatic rings. The maximum absolute atomic E-state index is 11.4. The van der Waals surface area contributed by atoms with Crippen LogP contribution in [0, 0.1) is 52.3 Å². The Balaban J connectivity index is 1.49. The van der Waals surface area contributed by atoms with Gasteiger partial charge in [0.15, 0.2) is 0 Å². The molecule has 0 aromatic heterocycles. The molecule has 0 saturated heterocycles. The summed E-state index contributed by atoms with van der Waals surface area (Å²) >= 11 is 0. The summed E-state index contributed by atoms with van der Waals surface area (Å²) in [5.41, 5.74) is 0.403. The molecule has 33 heavy (non-hydrogen) atoms. The highest BCUT2D eigenvalue weighted by molar-refractivity contribution is 7.80. The van der Waals surface area contributed by atoms with Gasteiger partial charge < -0.3 is 5.11 Å². The van der Waals surface area contributed by atoms with Gasteiger partial charge in [-0.3, -0.25) is 4.55 Å². The van der Waals surface area contributed by atoms with Gasteiger partial charge in [-0.1, -0.05) is 53.9 Å². The van der Waals surface area contributed by atoms with Crippen LogP contribution in [0.4, 0.5) is 0 Å². The van der Waals surface area contributed by atoms with Gasteiger partial charge in [-0.25, -0.2) is 4.18 Å². The lowest BCUT2D eigenvalue weighted by Gasteiger charge is -2.61. The Kier molecular flexibility index (Phi) is 7.35. The standard InChI is InChI=1S/C27H48O5S/c1-17(2)7-6-8-18(3)21-11-12-22-20-10-9-19-15-24(28)25(32-33(29,30)31)16-27(19,5)23(20)13-14-26(21,22)4/h17-25,28H,6-16H2,1-5H3,(H,29,30,31)/t18-,19+,20+,21-,22+,23+,24+,25+,26-,27+/m1/s1. The van der Waals surface area contributed by atoms with E-state index in [4.69, 9.17) is 4.18 Å². The van der Waals surface area contributed by atoms with Gasteiger partial charge in [-0.05, 0) is 104 Å². The molecule has 10 atom stereocenters. The van der Waals surface area contributed by atoms with Gasteiger partial charge >= 0.3 is 10.4 Å².